The summed E-state index contributed by atoms with van der Waals surface area (Å²) in [5.41, 5.74) is 10.8. The average molecular weight is 485 g/mol. The van der Waals surface area contributed by atoms with Crippen molar-refractivity contribution in [3.8, 4) is 11.3 Å². The van der Waals surface area contributed by atoms with Gasteiger partial charge in [-0.05, 0) is 55.0 Å². The van der Waals surface area contributed by atoms with Crippen molar-refractivity contribution in [3.05, 3.63) is 65.9 Å². The van der Waals surface area contributed by atoms with Gasteiger partial charge in [0.2, 0.25) is 0 Å². The van der Waals surface area contributed by atoms with Crippen molar-refractivity contribution >= 4 is 40.0 Å². The molecule has 0 atom stereocenters. The van der Waals surface area contributed by atoms with Crippen molar-refractivity contribution in [1.29, 1.82) is 0 Å². The number of fused-ring (bicyclic) bond motifs is 1. The Morgan fingerprint density at radius 1 is 1.03 bits per heavy atom. The first-order chi connectivity index (χ1) is 17.4. The van der Waals surface area contributed by atoms with Gasteiger partial charge in [0.15, 0.2) is 0 Å². The van der Waals surface area contributed by atoms with E-state index in [4.69, 9.17) is 5.73 Å². The van der Waals surface area contributed by atoms with E-state index in [0.717, 1.165) is 40.8 Å². The molecule has 10 nitrogen and oxygen atoms in total. The highest BCUT2D eigenvalue weighted by Gasteiger charge is 2.18. The number of piperazine rings is 1. The normalized spacial score (nSPS) is 13.6. The maximum Gasteiger partial charge on any atom is 0.321 e. The van der Waals surface area contributed by atoms with Gasteiger partial charge in [-0.1, -0.05) is 6.07 Å². The topological polar surface area (TPSA) is 130 Å². The van der Waals surface area contributed by atoms with E-state index in [1.807, 2.05) is 44.3 Å². The lowest BCUT2D eigenvalue weighted by Crippen LogP contribution is -2.48. The van der Waals surface area contributed by atoms with E-state index in [-0.39, 0.29) is 11.9 Å². The Bertz CT molecular complexity index is 1440. The molecular weight excluding hydrogens is 456 g/mol. The molecule has 2 aromatic carbocycles. The third-order valence-electron chi connectivity index (χ3n) is 6.31. The number of carbonyl (C=O) groups is 2. The number of nitrogens with one attached hydrogen (secondary N) is 3. The van der Waals surface area contributed by atoms with Crippen molar-refractivity contribution < 1.29 is 9.59 Å². The van der Waals surface area contributed by atoms with Crippen molar-refractivity contribution in [3.63, 3.8) is 0 Å². The number of aryl methyl sites for hydroxylation is 2. The molecule has 2 aromatic heterocycles. The minimum atomic E-state index is -0.259. The summed E-state index contributed by atoms with van der Waals surface area (Å²) in [6.45, 7) is 4.79. The number of aromatic nitrogens is 3. The summed E-state index contributed by atoms with van der Waals surface area (Å²) in [7, 11) is 1.86. The van der Waals surface area contributed by atoms with Crippen molar-refractivity contribution in [2.75, 3.05) is 42.5 Å². The van der Waals surface area contributed by atoms with Gasteiger partial charge in [0, 0.05) is 67.3 Å². The van der Waals surface area contributed by atoms with Crippen LogP contribution in [0.5, 0.6) is 0 Å². The third-order valence-corrected chi connectivity index (χ3v) is 6.31. The second kappa shape index (κ2) is 9.67. The molecule has 10 heteroatoms. The fourth-order valence-corrected chi connectivity index (χ4v) is 4.27. The summed E-state index contributed by atoms with van der Waals surface area (Å²) in [5.74, 6) is 0.172. The summed E-state index contributed by atoms with van der Waals surface area (Å²) in [6, 6.07) is 14.4. The van der Waals surface area contributed by atoms with Crippen LogP contribution in [0.4, 0.5) is 22.0 Å². The molecule has 0 bridgehead atoms. The van der Waals surface area contributed by atoms with E-state index in [0.29, 0.717) is 35.8 Å². The van der Waals surface area contributed by atoms with E-state index in [2.05, 4.69) is 26.0 Å². The highest BCUT2D eigenvalue weighted by molar-refractivity contribution is 6.08. The Hall–Kier alpha value is -4.44. The highest BCUT2D eigenvalue weighted by Crippen LogP contribution is 2.29. The number of rotatable bonds is 4. The summed E-state index contributed by atoms with van der Waals surface area (Å²) in [5, 5.41) is 14.6. The van der Waals surface area contributed by atoms with Gasteiger partial charge < -0.3 is 26.6 Å². The smallest absolute Gasteiger partial charge is 0.321 e. The molecule has 1 fully saturated rings. The van der Waals surface area contributed by atoms with Gasteiger partial charge in [-0.15, -0.1) is 0 Å². The zero-order chi connectivity index (χ0) is 25.2. The van der Waals surface area contributed by atoms with E-state index >= 15 is 0 Å². The second-order valence-corrected chi connectivity index (χ2v) is 8.83. The van der Waals surface area contributed by atoms with Crippen LogP contribution in [0.25, 0.3) is 22.2 Å². The molecule has 1 saturated heterocycles. The Labute approximate surface area is 208 Å². The lowest BCUT2D eigenvalue weighted by Gasteiger charge is -2.27. The van der Waals surface area contributed by atoms with E-state index < -0.39 is 0 Å². The first-order valence-electron chi connectivity index (χ1n) is 11.8. The molecule has 0 unspecified atom stereocenters. The molecule has 0 spiro atoms. The number of urea groups is 1. The predicted octanol–water partition coefficient (Wildman–Crippen LogP) is 3.22. The molecule has 4 aromatic rings. The van der Waals surface area contributed by atoms with Gasteiger partial charge in [-0.3, -0.25) is 9.48 Å². The molecule has 0 saturated carbocycles. The molecule has 3 amide bonds. The van der Waals surface area contributed by atoms with E-state index in [1.54, 1.807) is 34.0 Å². The monoisotopic (exact) mass is 484 g/mol. The van der Waals surface area contributed by atoms with Gasteiger partial charge >= 0.3 is 6.03 Å². The Morgan fingerprint density at radius 2 is 1.83 bits per heavy atom. The van der Waals surface area contributed by atoms with Crippen LogP contribution in [0.2, 0.25) is 0 Å². The standard InChI is InChI=1S/C26H28N8O2/c1-16-3-6-19(14-21(16)31-26(36)34-11-9-28-10-12-34)30-25(35)17-4-7-22-20(13-17)24(32-33(22)2)18-5-8-23(27)29-15-18/h3-8,13-15,28H,9-12H2,1-2H3,(H2,27,29)(H,30,35)(H,31,36). The number of anilines is 3. The molecule has 184 valence electrons. The van der Waals surface area contributed by atoms with Gasteiger partial charge in [-0.25, -0.2) is 9.78 Å². The summed E-state index contributed by atoms with van der Waals surface area (Å²) in [6.07, 6.45) is 1.67. The number of amides is 3. The largest absolute Gasteiger partial charge is 0.384 e. The van der Waals surface area contributed by atoms with Gasteiger partial charge in [0.1, 0.15) is 11.5 Å². The number of nitrogens with two attached hydrogens (primary N) is 1. The third kappa shape index (κ3) is 4.71. The summed E-state index contributed by atoms with van der Waals surface area (Å²) < 4.78 is 1.77. The van der Waals surface area contributed by atoms with Crippen LogP contribution in [0.15, 0.2) is 54.7 Å². The Morgan fingerprint density at radius 3 is 2.58 bits per heavy atom. The fraction of sp³-hybridized carbons (Fsp3) is 0.231. The summed E-state index contributed by atoms with van der Waals surface area (Å²) in [4.78, 5) is 31.7. The molecule has 0 radical (unpaired) electrons. The molecule has 36 heavy (non-hydrogen) atoms. The fourth-order valence-electron chi connectivity index (χ4n) is 4.27. The predicted molar refractivity (Wildman–Crippen MR) is 141 cm³/mol. The Balaban J connectivity index is 1.37. The van der Waals surface area contributed by atoms with Crippen molar-refractivity contribution in [2.24, 2.45) is 7.05 Å². The summed E-state index contributed by atoms with van der Waals surface area (Å²) >= 11 is 0. The lowest BCUT2D eigenvalue weighted by atomic mass is 10.1. The molecular formula is C26H28N8O2. The van der Waals surface area contributed by atoms with Crippen LogP contribution < -0.4 is 21.7 Å². The van der Waals surface area contributed by atoms with Crippen LogP contribution >= 0.6 is 0 Å². The van der Waals surface area contributed by atoms with Crippen LogP contribution in [-0.2, 0) is 7.05 Å². The number of carbonyl (C=O) groups excluding carboxylic acids is 2. The lowest BCUT2D eigenvalue weighted by molar-refractivity contribution is 0.102. The first-order valence-corrected chi connectivity index (χ1v) is 11.8. The van der Waals surface area contributed by atoms with Gasteiger partial charge in [0.25, 0.3) is 5.91 Å². The SMILES string of the molecule is Cc1ccc(NC(=O)c2ccc3c(c2)c(-c2ccc(N)nc2)nn3C)cc1NC(=O)N1CCNCC1. The zero-order valence-electron chi connectivity index (χ0n) is 20.2. The number of nitrogen functional groups attached to an aromatic ring is 1. The number of hydrogen-bond donors (Lipinski definition) is 4. The minimum absolute atomic E-state index is 0.144. The maximum absolute atomic E-state index is 13.2. The van der Waals surface area contributed by atoms with Crippen molar-refractivity contribution in [1.82, 2.24) is 25.0 Å². The molecule has 1 aliphatic heterocycles. The number of hydrogen-bond acceptors (Lipinski definition) is 6. The van der Waals surface area contributed by atoms with E-state index in [9.17, 15) is 9.59 Å². The van der Waals surface area contributed by atoms with Crippen LogP contribution in [-0.4, -0.2) is 57.8 Å². The maximum atomic E-state index is 13.2. The zero-order valence-corrected chi connectivity index (χ0v) is 20.2. The number of pyridine rings is 1. The first kappa shape index (κ1) is 23.3. The second-order valence-electron chi connectivity index (χ2n) is 8.83. The minimum Gasteiger partial charge on any atom is -0.384 e. The molecule has 5 N–H and O–H groups in total. The average Bonchev–Trinajstić information content (AvgIpc) is 3.22. The van der Waals surface area contributed by atoms with Crippen LogP contribution in [0.3, 0.4) is 0 Å². The van der Waals surface area contributed by atoms with Crippen LogP contribution in [0.1, 0.15) is 15.9 Å². The molecule has 1 aliphatic rings. The molecule has 0 aliphatic carbocycles. The van der Waals surface area contributed by atoms with Gasteiger partial charge in [0.05, 0.1) is 5.52 Å². The quantitative estimate of drug-likeness (QED) is 0.352. The van der Waals surface area contributed by atoms with Crippen molar-refractivity contribution in [2.45, 2.75) is 6.92 Å². The van der Waals surface area contributed by atoms with Gasteiger partial charge in [-0.2, -0.15) is 5.10 Å². The highest BCUT2D eigenvalue weighted by atomic mass is 16.2. The number of benzene rings is 2. The van der Waals surface area contributed by atoms with E-state index in [1.165, 1.54) is 0 Å². The molecule has 3 heterocycles. The van der Waals surface area contributed by atoms with Crippen LogP contribution in [0, 0.1) is 6.92 Å². The number of nitrogens with zero attached hydrogens (tertiary/aromatic N) is 4. The Kier molecular flexibility index (Phi) is 6.26. The molecule has 5 rings (SSSR count).